The van der Waals surface area contributed by atoms with Gasteiger partial charge in [0, 0.05) is 0 Å². The Morgan fingerprint density at radius 1 is 0.571 bits per heavy atom. The molecule has 14 heavy (non-hydrogen) atoms. The van der Waals surface area contributed by atoms with Gasteiger partial charge in [0.05, 0.1) is 0 Å². The zero-order valence-corrected chi connectivity index (χ0v) is 10.5. The average Bonchev–Trinajstić information content (AvgIpc) is 2.38. The monoisotopic (exact) mass is 194 g/mol. The molecule has 0 aromatic heterocycles. The number of hydrogen-bond donors (Lipinski definition) is 0. The third kappa shape index (κ3) is 1.33. The predicted octanol–water partition coefficient (Wildman–Crippen LogP) is 4.21. The SMILES string of the molecule is CC1CCC(C)C2C(C)C(C)C(C)C12. The maximum atomic E-state index is 2.50. The summed E-state index contributed by atoms with van der Waals surface area (Å²) in [7, 11) is 0. The summed E-state index contributed by atoms with van der Waals surface area (Å²) >= 11 is 0. The van der Waals surface area contributed by atoms with E-state index in [1.54, 1.807) is 0 Å². The second-order valence-electron chi connectivity index (χ2n) is 6.26. The second kappa shape index (κ2) is 3.54. The van der Waals surface area contributed by atoms with Crippen LogP contribution < -0.4 is 0 Å². The first-order valence-electron chi connectivity index (χ1n) is 6.54. The number of hydrogen-bond acceptors (Lipinski definition) is 0. The van der Waals surface area contributed by atoms with Crippen molar-refractivity contribution in [1.82, 2.24) is 0 Å². The minimum atomic E-state index is 0.952. The molecule has 0 aromatic rings. The molecule has 0 amide bonds. The molecule has 6 unspecified atom stereocenters. The minimum absolute atomic E-state index is 0.952. The van der Waals surface area contributed by atoms with E-state index in [2.05, 4.69) is 34.6 Å². The third-order valence-corrected chi connectivity index (χ3v) is 5.71. The van der Waals surface area contributed by atoms with Crippen LogP contribution in [0.4, 0.5) is 0 Å². The molecule has 2 rings (SSSR count). The molecule has 2 aliphatic carbocycles. The molecular formula is C14H26. The molecule has 0 heteroatoms. The lowest BCUT2D eigenvalue weighted by Gasteiger charge is -2.39. The summed E-state index contributed by atoms with van der Waals surface area (Å²) in [5.74, 6) is 6.91. The maximum Gasteiger partial charge on any atom is -0.0326 e. The van der Waals surface area contributed by atoms with Crippen LogP contribution in [0, 0.1) is 41.4 Å². The number of rotatable bonds is 0. The van der Waals surface area contributed by atoms with Crippen LogP contribution in [0.25, 0.3) is 0 Å². The van der Waals surface area contributed by atoms with Crippen molar-refractivity contribution in [2.45, 2.75) is 47.5 Å². The van der Waals surface area contributed by atoms with Crippen molar-refractivity contribution in [3.63, 3.8) is 0 Å². The van der Waals surface area contributed by atoms with Crippen LogP contribution in [0.5, 0.6) is 0 Å². The highest BCUT2D eigenvalue weighted by Gasteiger charge is 2.49. The first-order chi connectivity index (χ1) is 6.54. The normalized spacial score (nSPS) is 58.5. The fourth-order valence-electron chi connectivity index (χ4n) is 4.59. The van der Waals surface area contributed by atoms with Crippen LogP contribution in [-0.4, -0.2) is 0 Å². The average molecular weight is 194 g/mol. The Morgan fingerprint density at radius 3 is 1.29 bits per heavy atom. The Hall–Kier alpha value is 0. The van der Waals surface area contributed by atoms with Crippen molar-refractivity contribution in [3.8, 4) is 0 Å². The third-order valence-electron chi connectivity index (χ3n) is 5.71. The molecule has 0 spiro atoms. The van der Waals surface area contributed by atoms with E-state index < -0.39 is 0 Å². The molecule has 2 saturated carbocycles. The fourth-order valence-corrected chi connectivity index (χ4v) is 4.59. The largest absolute Gasteiger partial charge is 0.0622 e. The summed E-state index contributed by atoms with van der Waals surface area (Å²) in [6, 6.07) is 0. The second-order valence-corrected chi connectivity index (χ2v) is 6.26. The lowest BCUT2D eigenvalue weighted by molar-refractivity contribution is 0.0936. The molecule has 0 aromatic carbocycles. The van der Waals surface area contributed by atoms with Crippen molar-refractivity contribution >= 4 is 0 Å². The van der Waals surface area contributed by atoms with Crippen molar-refractivity contribution in [1.29, 1.82) is 0 Å². The molecule has 0 nitrogen and oxygen atoms in total. The first-order valence-corrected chi connectivity index (χ1v) is 6.54. The van der Waals surface area contributed by atoms with Crippen LogP contribution in [0.15, 0.2) is 0 Å². The zero-order valence-electron chi connectivity index (χ0n) is 10.5. The van der Waals surface area contributed by atoms with E-state index in [9.17, 15) is 0 Å². The summed E-state index contributed by atoms with van der Waals surface area (Å²) in [4.78, 5) is 0. The van der Waals surface area contributed by atoms with Crippen LogP contribution in [0.3, 0.4) is 0 Å². The van der Waals surface area contributed by atoms with Crippen LogP contribution in [0.1, 0.15) is 47.5 Å². The summed E-state index contributed by atoms with van der Waals surface area (Å²) in [6.45, 7) is 12.5. The van der Waals surface area contributed by atoms with Gasteiger partial charge in [-0.2, -0.15) is 0 Å². The molecule has 0 saturated heterocycles. The van der Waals surface area contributed by atoms with Gasteiger partial charge in [0.1, 0.15) is 0 Å². The zero-order chi connectivity index (χ0) is 10.5. The van der Waals surface area contributed by atoms with Crippen molar-refractivity contribution < 1.29 is 0 Å². The Bertz CT molecular complexity index is 186. The van der Waals surface area contributed by atoms with E-state index in [1.165, 1.54) is 12.8 Å². The molecule has 0 heterocycles. The van der Waals surface area contributed by atoms with Gasteiger partial charge in [0.15, 0.2) is 0 Å². The topological polar surface area (TPSA) is 0 Å². The maximum absolute atomic E-state index is 2.50. The van der Waals surface area contributed by atoms with Gasteiger partial charge >= 0.3 is 0 Å². The van der Waals surface area contributed by atoms with Crippen molar-refractivity contribution in [2.24, 2.45) is 41.4 Å². The predicted molar refractivity (Wildman–Crippen MR) is 62.0 cm³/mol. The first kappa shape index (κ1) is 10.5. The molecule has 2 fully saturated rings. The molecule has 6 atom stereocenters. The van der Waals surface area contributed by atoms with Crippen LogP contribution in [0.2, 0.25) is 0 Å². The summed E-state index contributed by atoms with van der Waals surface area (Å²) in [5.41, 5.74) is 0. The van der Waals surface area contributed by atoms with Crippen LogP contribution in [-0.2, 0) is 0 Å². The lowest BCUT2D eigenvalue weighted by atomic mass is 9.66. The highest BCUT2D eigenvalue weighted by atomic mass is 14.5. The van der Waals surface area contributed by atoms with Crippen LogP contribution >= 0.6 is 0 Å². The van der Waals surface area contributed by atoms with E-state index in [4.69, 9.17) is 0 Å². The number of fused-ring (bicyclic) bond motifs is 1. The standard InChI is InChI=1S/C14H26/c1-8-6-7-9(2)14-12(5)10(3)11(4)13(8)14/h8-14H,6-7H2,1-5H3. The Kier molecular flexibility index (Phi) is 2.66. The summed E-state index contributed by atoms with van der Waals surface area (Å²) < 4.78 is 0. The van der Waals surface area contributed by atoms with E-state index in [1.807, 2.05) is 0 Å². The van der Waals surface area contributed by atoms with E-state index in [-0.39, 0.29) is 0 Å². The van der Waals surface area contributed by atoms with Crippen molar-refractivity contribution in [3.05, 3.63) is 0 Å². The van der Waals surface area contributed by atoms with Gasteiger partial charge in [0.2, 0.25) is 0 Å². The molecule has 0 radical (unpaired) electrons. The quantitative estimate of drug-likeness (QED) is 0.542. The summed E-state index contributed by atoms with van der Waals surface area (Å²) in [6.07, 6.45) is 2.96. The van der Waals surface area contributed by atoms with E-state index >= 15 is 0 Å². The molecule has 82 valence electrons. The van der Waals surface area contributed by atoms with Gasteiger partial charge in [0.25, 0.3) is 0 Å². The molecule has 0 bridgehead atoms. The van der Waals surface area contributed by atoms with Gasteiger partial charge in [-0.1, -0.05) is 47.5 Å². The molecule has 2 aliphatic rings. The van der Waals surface area contributed by atoms with Gasteiger partial charge in [-0.25, -0.2) is 0 Å². The lowest BCUT2D eigenvalue weighted by Crippen LogP contribution is -2.32. The minimum Gasteiger partial charge on any atom is -0.0622 e. The van der Waals surface area contributed by atoms with Gasteiger partial charge < -0.3 is 0 Å². The smallest absolute Gasteiger partial charge is 0.0326 e. The highest BCUT2D eigenvalue weighted by molar-refractivity contribution is 4.98. The summed E-state index contributed by atoms with van der Waals surface area (Å²) in [5, 5.41) is 0. The highest BCUT2D eigenvalue weighted by Crippen LogP contribution is 2.55. The fraction of sp³-hybridized carbons (Fsp3) is 1.00. The molecule has 0 aliphatic heterocycles. The van der Waals surface area contributed by atoms with Gasteiger partial charge in [-0.3, -0.25) is 0 Å². The molecular weight excluding hydrogens is 168 g/mol. The van der Waals surface area contributed by atoms with Crippen molar-refractivity contribution in [2.75, 3.05) is 0 Å². The van der Waals surface area contributed by atoms with Gasteiger partial charge in [-0.05, 0) is 41.4 Å². The van der Waals surface area contributed by atoms with E-state index in [0.29, 0.717) is 0 Å². The molecule has 0 N–H and O–H groups in total. The Labute approximate surface area is 89.5 Å². The Morgan fingerprint density at radius 2 is 0.929 bits per heavy atom. The van der Waals surface area contributed by atoms with E-state index in [0.717, 1.165) is 41.4 Å². The van der Waals surface area contributed by atoms with Gasteiger partial charge in [-0.15, -0.1) is 0 Å². The Balaban J connectivity index is 2.25.